The molecule has 1 N–H and O–H groups in total. The molecule has 1 atom stereocenters. The summed E-state index contributed by atoms with van der Waals surface area (Å²) < 4.78 is 23.5. The summed E-state index contributed by atoms with van der Waals surface area (Å²) in [5, 5.41) is 3.30. The van der Waals surface area contributed by atoms with E-state index < -0.39 is 17.7 Å². The maximum absolute atomic E-state index is 13.5. The van der Waals surface area contributed by atoms with Crippen LogP contribution in [0.3, 0.4) is 0 Å². The second-order valence-electron chi connectivity index (χ2n) is 5.83. The van der Waals surface area contributed by atoms with Crippen LogP contribution in [-0.4, -0.2) is 26.8 Å². The van der Waals surface area contributed by atoms with Gasteiger partial charge in [-0.3, -0.25) is 0 Å². The predicted octanol–water partition coefficient (Wildman–Crippen LogP) is 4.17. The molecule has 0 bridgehead atoms. The van der Waals surface area contributed by atoms with E-state index in [-0.39, 0.29) is 5.02 Å². The van der Waals surface area contributed by atoms with E-state index in [1.165, 1.54) is 25.3 Å². The van der Waals surface area contributed by atoms with E-state index in [2.05, 4.69) is 10.2 Å². The first kappa shape index (κ1) is 20.0. The zero-order valence-corrected chi connectivity index (χ0v) is 15.6. The van der Waals surface area contributed by atoms with Crippen molar-refractivity contribution >= 4 is 17.6 Å². The van der Waals surface area contributed by atoms with Crippen molar-refractivity contribution in [3.63, 3.8) is 0 Å². The van der Waals surface area contributed by atoms with Gasteiger partial charge in [0.1, 0.15) is 5.82 Å². The Balaban J connectivity index is 2.64. The van der Waals surface area contributed by atoms with E-state index in [1.54, 1.807) is 14.0 Å². The summed E-state index contributed by atoms with van der Waals surface area (Å²) >= 11 is 6.24. The van der Waals surface area contributed by atoms with Crippen molar-refractivity contribution in [1.29, 1.82) is 0 Å². The van der Waals surface area contributed by atoms with Crippen molar-refractivity contribution in [1.82, 2.24) is 5.32 Å². The number of carbonyl (C=O) groups is 1. The number of benzene rings is 1. The third kappa shape index (κ3) is 4.06. The summed E-state index contributed by atoms with van der Waals surface area (Å²) in [6, 6.07) is 3.94. The number of ether oxygens (including phenoxy) is 2. The molecule has 1 aromatic rings. The predicted molar refractivity (Wildman–Crippen MR) is 96.7 cm³/mol. The van der Waals surface area contributed by atoms with Crippen molar-refractivity contribution in [2.24, 2.45) is 0 Å². The van der Waals surface area contributed by atoms with E-state index in [4.69, 9.17) is 27.6 Å². The SMILES string of the molecule is [C-]#[N+]C1=C(C)NC(CCCOC)=C(C(=O)OC)C1c1ccc(F)cc1Cl. The van der Waals surface area contributed by atoms with Crippen LogP contribution in [0.1, 0.15) is 31.2 Å². The Kier molecular flexibility index (Phi) is 6.78. The highest BCUT2D eigenvalue weighted by Crippen LogP contribution is 2.42. The van der Waals surface area contributed by atoms with Crippen LogP contribution in [0.4, 0.5) is 4.39 Å². The Morgan fingerprint density at radius 2 is 2.15 bits per heavy atom. The van der Waals surface area contributed by atoms with E-state index in [1.807, 2.05) is 0 Å². The molecule has 0 saturated heterocycles. The van der Waals surface area contributed by atoms with Crippen LogP contribution in [0.15, 0.2) is 40.9 Å². The van der Waals surface area contributed by atoms with E-state index in [0.29, 0.717) is 47.7 Å². The highest BCUT2D eigenvalue weighted by atomic mass is 35.5. The molecule has 0 amide bonds. The first-order valence-corrected chi connectivity index (χ1v) is 8.42. The van der Waals surface area contributed by atoms with Gasteiger partial charge in [0.25, 0.3) is 0 Å². The van der Waals surface area contributed by atoms with Gasteiger partial charge in [-0.05, 0) is 37.5 Å². The average molecular weight is 379 g/mol. The molecule has 138 valence electrons. The maximum Gasteiger partial charge on any atom is 0.335 e. The molecule has 1 aromatic carbocycles. The summed E-state index contributed by atoms with van der Waals surface area (Å²) in [4.78, 5) is 16.1. The minimum Gasteiger partial charge on any atom is -0.466 e. The summed E-state index contributed by atoms with van der Waals surface area (Å²) in [5.41, 5.74) is 2.42. The number of allylic oxidation sites excluding steroid dienone is 3. The number of methoxy groups -OCH3 is 2. The first-order valence-electron chi connectivity index (χ1n) is 8.05. The average Bonchev–Trinajstić information content (AvgIpc) is 2.61. The molecular weight excluding hydrogens is 359 g/mol. The lowest BCUT2D eigenvalue weighted by Gasteiger charge is -2.30. The van der Waals surface area contributed by atoms with Crippen LogP contribution in [0.2, 0.25) is 5.02 Å². The van der Waals surface area contributed by atoms with Gasteiger partial charge in [-0.1, -0.05) is 17.7 Å². The zero-order chi connectivity index (χ0) is 19.3. The molecule has 26 heavy (non-hydrogen) atoms. The standard InChI is InChI=1S/C19H20ClFN2O3/c1-11-18(22-2)16(13-8-7-12(21)10-14(13)20)17(19(24)26-4)15(23-11)6-5-9-25-3/h7-8,10,16,23H,5-6,9H2,1,3-4H3. The number of esters is 1. The molecule has 0 radical (unpaired) electrons. The van der Waals surface area contributed by atoms with Gasteiger partial charge in [0.2, 0.25) is 0 Å². The lowest BCUT2D eigenvalue weighted by Crippen LogP contribution is -2.29. The number of halogens is 2. The third-order valence-electron chi connectivity index (χ3n) is 4.18. The molecule has 0 saturated carbocycles. The number of dihydropyridines is 1. The molecule has 0 aliphatic carbocycles. The normalized spacial score (nSPS) is 17.0. The molecule has 1 aliphatic heterocycles. The van der Waals surface area contributed by atoms with Gasteiger partial charge in [0, 0.05) is 30.1 Å². The number of hydrogen-bond acceptors (Lipinski definition) is 4. The number of rotatable bonds is 6. The first-order chi connectivity index (χ1) is 12.4. The lowest BCUT2D eigenvalue weighted by atomic mass is 9.83. The minimum atomic E-state index is -0.716. The molecule has 1 heterocycles. The summed E-state index contributed by atoms with van der Waals surface area (Å²) in [7, 11) is 2.89. The smallest absolute Gasteiger partial charge is 0.335 e. The van der Waals surface area contributed by atoms with Gasteiger partial charge in [-0.2, -0.15) is 0 Å². The number of nitrogens with zero attached hydrogens (tertiary/aromatic N) is 1. The van der Waals surface area contributed by atoms with Gasteiger partial charge in [0.05, 0.1) is 25.2 Å². The van der Waals surface area contributed by atoms with Gasteiger partial charge in [-0.25, -0.2) is 14.0 Å². The van der Waals surface area contributed by atoms with Gasteiger partial charge < -0.3 is 14.8 Å². The van der Waals surface area contributed by atoms with Crippen molar-refractivity contribution in [2.75, 3.05) is 20.8 Å². The summed E-state index contributed by atoms with van der Waals surface area (Å²) in [6.07, 6.45) is 1.22. The van der Waals surface area contributed by atoms with Crippen LogP contribution in [0.25, 0.3) is 4.85 Å². The molecule has 1 unspecified atom stereocenters. The van der Waals surface area contributed by atoms with Crippen molar-refractivity contribution < 1.29 is 18.7 Å². The topological polar surface area (TPSA) is 51.9 Å². The molecule has 7 heteroatoms. The van der Waals surface area contributed by atoms with Crippen molar-refractivity contribution in [3.8, 4) is 0 Å². The van der Waals surface area contributed by atoms with E-state index in [9.17, 15) is 9.18 Å². The third-order valence-corrected chi connectivity index (χ3v) is 4.51. The Morgan fingerprint density at radius 1 is 1.42 bits per heavy atom. The Hall–Kier alpha value is -2.36. The largest absolute Gasteiger partial charge is 0.466 e. The molecule has 2 rings (SSSR count). The van der Waals surface area contributed by atoms with Crippen LogP contribution in [-0.2, 0) is 14.3 Å². The second-order valence-corrected chi connectivity index (χ2v) is 6.23. The number of hydrogen-bond donors (Lipinski definition) is 1. The molecule has 0 spiro atoms. The number of nitrogens with one attached hydrogen (secondary N) is 1. The summed E-state index contributed by atoms with van der Waals surface area (Å²) in [5.74, 6) is -1.75. The Morgan fingerprint density at radius 3 is 2.73 bits per heavy atom. The quantitative estimate of drug-likeness (QED) is 0.458. The lowest BCUT2D eigenvalue weighted by molar-refractivity contribution is -0.136. The second kappa shape index (κ2) is 8.84. The van der Waals surface area contributed by atoms with Gasteiger partial charge >= 0.3 is 5.97 Å². The zero-order valence-electron chi connectivity index (χ0n) is 14.9. The van der Waals surface area contributed by atoms with Gasteiger partial charge in [-0.15, -0.1) is 0 Å². The molecule has 1 aliphatic rings. The van der Waals surface area contributed by atoms with E-state index >= 15 is 0 Å². The fourth-order valence-corrected chi connectivity index (χ4v) is 3.29. The van der Waals surface area contributed by atoms with Crippen LogP contribution < -0.4 is 5.32 Å². The molecular formula is C19H20ClFN2O3. The number of carbonyl (C=O) groups excluding carboxylic acids is 1. The van der Waals surface area contributed by atoms with E-state index in [0.717, 1.165) is 0 Å². The minimum absolute atomic E-state index is 0.156. The summed E-state index contributed by atoms with van der Waals surface area (Å²) in [6.45, 7) is 9.85. The monoisotopic (exact) mass is 378 g/mol. The fourth-order valence-electron chi connectivity index (χ4n) is 3.01. The van der Waals surface area contributed by atoms with Crippen molar-refractivity contribution in [2.45, 2.75) is 25.7 Å². The maximum atomic E-state index is 13.5. The molecule has 0 aromatic heterocycles. The Bertz CT molecular complexity index is 811. The fraction of sp³-hybridized carbons (Fsp3) is 0.368. The van der Waals surface area contributed by atoms with Crippen LogP contribution in [0.5, 0.6) is 0 Å². The van der Waals surface area contributed by atoms with Crippen molar-refractivity contribution in [3.05, 3.63) is 68.7 Å². The van der Waals surface area contributed by atoms with Gasteiger partial charge in [0.15, 0.2) is 5.70 Å². The molecule has 0 fully saturated rings. The molecule has 5 nitrogen and oxygen atoms in total. The van der Waals surface area contributed by atoms with Crippen LogP contribution >= 0.6 is 11.6 Å². The van der Waals surface area contributed by atoms with Crippen LogP contribution in [0, 0.1) is 12.4 Å². The Labute approximate surface area is 157 Å². The highest BCUT2D eigenvalue weighted by Gasteiger charge is 2.36. The highest BCUT2D eigenvalue weighted by molar-refractivity contribution is 6.31.